The fourth-order valence-electron chi connectivity index (χ4n) is 7.81. The minimum absolute atomic E-state index is 0.103. The van der Waals surface area contributed by atoms with E-state index in [1.54, 1.807) is 0 Å². The van der Waals surface area contributed by atoms with Crippen molar-refractivity contribution >= 4 is 5.97 Å². The molecule has 0 aromatic carbocycles. The van der Waals surface area contributed by atoms with Gasteiger partial charge in [-0.1, -0.05) is 6.92 Å². The van der Waals surface area contributed by atoms with Crippen molar-refractivity contribution in [3.8, 4) is 0 Å². The van der Waals surface area contributed by atoms with Crippen LogP contribution < -0.4 is 5.73 Å². The third-order valence-electron chi connectivity index (χ3n) is 9.03. The van der Waals surface area contributed by atoms with Crippen LogP contribution in [0.1, 0.15) is 64.7 Å². The summed E-state index contributed by atoms with van der Waals surface area (Å²) in [5, 5.41) is 19.8. The van der Waals surface area contributed by atoms with Gasteiger partial charge in [-0.15, -0.1) is 0 Å². The van der Waals surface area contributed by atoms with Crippen LogP contribution in [-0.2, 0) is 4.79 Å². The molecule has 0 saturated heterocycles. The van der Waals surface area contributed by atoms with Crippen molar-refractivity contribution in [1.29, 1.82) is 0 Å². The monoisotopic (exact) mass is 335 g/mol. The molecule has 0 aromatic rings. The lowest BCUT2D eigenvalue weighted by molar-refractivity contribution is -0.155. The number of rotatable bonds is 2. The van der Waals surface area contributed by atoms with E-state index in [1.165, 1.54) is 12.8 Å². The van der Waals surface area contributed by atoms with Gasteiger partial charge in [-0.05, 0) is 98.8 Å². The van der Waals surface area contributed by atoms with Gasteiger partial charge >= 0.3 is 5.97 Å². The molecule has 4 fully saturated rings. The number of carboxylic acids is 1. The summed E-state index contributed by atoms with van der Waals surface area (Å²) in [7, 11) is 0. The minimum atomic E-state index is -0.623. The van der Waals surface area contributed by atoms with E-state index in [0.29, 0.717) is 35.6 Å². The molecule has 4 saturated carbocycles. The molecule has 0 aromatic heterocycles. The number of hydrogen-bond acceptors (Lipinski definition) is 3. The maximum Gasteiger partial charge on any atom is 0.307 e. The fourth-order valence-corrected chi connectivity index (χ4v) is 7.81. The molecule has 0 spiro atoms. The standard InChI is InChI=1S/C20H33NO3/c1-19-8-6-13(22)10-12(19)2-3-14-15(19)7-9-20(11-21)16(14)4-5-17(20)18(23)24/h12-17,22H,2-11,21H2,1H3,(H,23,24)/t12?,13?,14-,15+,16+,17?,19+,20-/m1/s1. The normalized spacial score (nSPS) is 53.8. The molecule has 0 aliphatic heterocycles. The molecule has 4 rings (SSSR count). The molecule has 0 radical (unpaired) electrons. The average Bonchev–Trinajstić information content (AvgIpc) is 2.95. The van der Waals surface area contributed by atoms with E-state index in [0.717, 1.165) is 44.9 Å². The Kier molecular flexibility index (Phi) is 4.00. The topological polar surface area (TPSA) is 83.5 Å². The lowest BCUT2D eigenvalue weighted by Crippen LogP contribution is -2.56. The Morgan fingerprint density at radius 2 is 1.88 bits per heavy atom. The van der Waals surface area contributed by atoms with Crippen LogP contribution in [-0.4, -0.2) is 28.8 Å². The van der Waals surface area contributed by atoms with Gasteiger partial charge in [-0.25, -0.2) is 0 Å². The van der Waals surface area contributed by atoms with Gasteiger partial charge in [0.2, 0.25) is 0 Å². The predicted molar refractivity (Wildman–Crippen MR) is 92.2 cm³/mol. The van der Waals surface area contributed by atoms with Gasteiger partial charge in [0.25, 0.3) is 0 Å². The van der Waals surface area contributed by atoms with Crippen LogP contribution in [0.2, 0.25) is 0 Å². The van der Waals surface area contributed by atoms with Crippen molar-refractivity contribution in [3.05, 3.63) is 0 Å². The molecular formula is C20H33NO3. The number of hydrogen-bond donors (Lipinski definition) is 3. The Bertz CT molecular complexity index is 523. The van der Waals surface area contributed by atoms with Crippen molar-refractivity contribution in [2.45, 2.75) is 70.8 Å². The van der Waals surface area contributed by atoms with Gasteiger partial charge in [-0.3, -0.25) is 4.79 Å². The summed E-state index contributed by atoms with van der Waals surface area (Å²) in [4.78, 5) is 11.8. The zero-order chi connectivity index (χ0) is 17.1. The van der Waals surface area contributed by atoms with Crippen molar-refractivity contribution < 1.29 is 15.0 Å². The van der Waals surface area contributed by atoms with Gasteiger partial charge < -0.3 is 15.9 Å². The Hall–Kier alpha value is -0.610. The van der Waals surface area contributed by atoms with Crippen LogP contribution in [0.3, 0.4) is 0 Å². The minimum Gasteiger partial charge on any atom is -0.481 e. The number of fused-ring (bicyclic) bond motifs is 5. The first kappa shape index (κ1) is 16.8. The maximum atomic E-state index is 11.8. The molecule has 136 valence electrons. The number of aliphatic carboxylic acids is 1. The van der Waals surface area contributed by atoms with Gasteiger partial charge in [0.1, 0.15) is 0 Å². The quantitative estimate of drug-likeness (QED) is 0.724. The zero-order valence-electron chi connectivity index (χ0n) is 14.9. The third-order valence-corrected chi connectivity index (χ3v) is 9.03. The second-order valence-corrected chi connectivity index (χ2v) is 9.53. The van der Waals surface area contributed by atoms with Crippen molar-refractivity contribution in [2.75, 3.05) is 6.54 Å². The van der Waals surface area contributed by atoms with Crippen LogP contribution in [0.5, 0.6) is 0 Å². The molecular weight excluding hydrogens is 302 g/mol. The summed E-state index contributed by atoms with van der Waals surface area (Å²) >= 11 is 0. The third kappa shape index (κ3) is 2.14. The number of aliphatic hydroxyl groups excluding tert-OH is 1. The van der Waals surface area contributed by atoms with E-state index >= 15 is 0 Å². The van der Waals surface area contributed by atoms with E-state index in [-0.39, 0.29) is 17.4 Å². The predicted octanol–water partition coefficient (Wildman–Crippen LogP) is 3.03. The summed E-state index contributed by atoms with van der Waals surface area (Å²) in [6.07, 6.45) is 9.41. The number of carboxylic acid groups (broad SMARTS) is 1. The molecule has 4 nitrogen and oxygen atoms in total. The zero-order valence-corrected chi connectivity index (χ0v) is 14.9. The molecule has 0 heterocycles. The maximum absolute atomic E-state index is 11.8. The van der Waals surface area contributed by atoms with Gasteiger partial charge in [0.05, 0.1) is 12.0 Å². The lowest BCUT2D eigenvalue weighted by atomic mass is 9.44. The van der Waals surface area contributed by atoms with Gasteiger partial charge in [0, 0.05) is 0 Å². The highest BCUT2D eigenvalue weighted by atomic mass is 16.4. The number of nitrogens with two attached hydrogens (primary N) is 1. The highest BCUT2D eigenvalue weighted by molar-refractivity contribution is 5.71. The molecule has 24 heavy (non-hydrogen) atoms. The second kappa shape index (κ2) is 5.70. The Morgan fingerprint density at radius 3 is 2.58 bits per heavy atom. The smallest absolute Gasteiger partial charge is 0.307 e. The van der Waals surface area contributed by atoms with Crippen LogP contribution >= 0.6 is 0 Å². The largest absolute Gasteiger partial charge is 0.481 e. The Labute approximate surface area is 145 Å². The molecule has 4 N–H and O–H groups in total. The molecule has 4 heteroatoms. The Morgan fingerprint density at radius 1 is 1.08 bits per heavy atom. The first-order chi connectivity index (χ1) is 11.4. The number of aliphatic hydroxyl groups is 1. The highest BCUT2D eigenvalue weighted by Crippen LogP contribution is 2.67. The summed E-state index contributed by atoms with van der Waals surface area (Å²) in [6.45, 7) is 3.01. The molecule has 0 bridgehead atoms. The van der Waals surface area contributed by atoms with Crippen molar-refractivity contribution in [3.63, 3.8) is 0 Å². The Balaban J connectivity index is 1.64. The SMILES string of the molecule is C[C@]12CCC(O)CC1CC[C@H]1[C@@H]3CCC(C(=O)O)[C@@]3(CN)CC[C@@H]12. The summed E-state index contributed by atoms with van der Waals surface area (Å²) in [6, 6.07) is 0. The molecule has 3 unspecified atom stereocenters. The second-order valence-electron chi connectivity index (χ2n) is 9.53. The van der Waals surface area contributed by atoms with E-state index in [1.807, 2.05) is 0 Å². The van der Waals surface area contributed by atoms with Crippen molar-refractivity contribution in [2.24, 2.45) is 46.2 Å². The van der Waals surface area contributed by atoms with Crippen LogP contribution in [0.4, 0.5) is 0 Å². The van der Waals surface area contributed by atoms with Crippen LogP contribution in [0.15, 0.2) is 0 Å². The van der Waals surface area contributed by atoms with Crippen LogP contribution in [0.25, 0.3) is 0 Å². The van der Waals surface area contributed by atoms with E-state index in [2.05, 4.69) is 6.92 Å². The first-order valence-electron chi connectivity index (χ1n) is 10.0. The van der Waals surface area contributed by atoms with Gasteiger partial charge in [0.15, 0.2) is 0 Å². The summed E-state index contributed by atoms with van der Waals surface area (Å²) in [5.41, 5.74) is 6.42. The molecule has 8 atom stereocenters. The molecule has 4 aliphatic carbocycles. The van der Waals surface area contributed by atoms with E-state index in [9.17, 15) is 15.0 Å². The average molecular weight is 335 g/mol. The van der Waals surface area contributed by atoms with E-state index in [4.69, 9.17) is 5.73 Å². The van der Waals surface area contributed by atoms with Gasteiger partial charge in [-0.2, -0.15) is 0 Å². The van der Waals surface area contributed by atoms with E-state index < -0.39 is 5.97 Å². The van der Waals surface area contributed by atoms with Crippen molar-refractivity contribution in [1.82, 2.24) is 0 Å². The molecule has 0 amide bonds. The first-order valence-corrected chi connectivity index (χ1v) is 10.0. The molecule has 4 aliphatic rings. The number of carbonyl (C=O) groups is 1. The van der Waals surface area contributed by atoms with Crippen LogP contribution in [0, 0.1) is 40.4 Å². The summed E-state index contributed by atoms with van der Waals surface area (Å²) < 4.78 is 0. The summed E-state index contributed by atoms with van der Waals surface area (Å²) in [5.74, 6) is 1.68. The highest BCUT2D eigenvalue weighted by Gasteiger charge is 2.62. The fraction of sp³-hybridized carbons (Fsp3) is 0.950. The lowest BCUT2D eigenvalue weighted by Gasteiger charge is -2.61.